The van der Waals surface area contributed by atoms with E-state index in [0.717, 1.165) is 49.2 Å². The second-order valence-electron chi connectivity index (χ2n) is 8.52. The number of aryl methyl sites for hydroxylation is 1. The van der Waals surface area contributed by atoms with E-state index in [2.05, 4.69) is 15.6 Å². The Morgan fingerprint density at radius 2 is 1.63 bits per heavy atom. The Bertz CT molecular complexity index is 987. The summed E-state index contributed by atoms with van der Waals surface area (Å²) in [5, 5.41) is 6.04. The number of Topliss-reactive ketones (excluding diaryl/α,β-unsaturated/α-hetero) is 1. The topological polar surface area (TPSA) is 116 Å². The first-order valence-electron chi connectivity index (χ1n) is 13.2. The molecular formula is C29H43N3O6. The number of aromatic nitrogens is 1. The van der Waals surface area contributed by atoms with Crippen LogP contribution < -0.4 is 24.8 Å². The Hall–Kier alpha value is -3.62. The predicted molar refractivity (Wildman–Crippen MR) is 150 cm³/mol. The van der Waals surface area contributed by atoms with Crippen molar-refractivity contribution in [2.24, 2.45) is 0 Å². The average molecular weight is 530 g/mol. The summed E-state index contributed by atoms with van der Waals surface area (Å²) in [6.07, 6.45) is 7.84. The van der Waals surface area contributed by atoms with Gasteiger partial charge in [-0.25, -0.2) is 4.98 Å². The number of amides is 1. The molecule has 1 heterocycles. The molecule has 0 aliphatic carbocycles. The molecule has 2 aromatic rings. The highest BCUT2D eigenvalue weighted by Gasteiger charge is 2.15. The third-order valence-corrected chi connectivity index (χ3v) is 5.74. The zero-order valence-corrected chi connectivity index (χ0v) is 23.6. The van der Waals surface area contributed by atoms with Gasteiger partial charge in [-0.2, -0.15) is 0 Å². The summed E-state index contributed by atoms with van der Waals surface area (Å²) in [7, 11) is 4.72. The third kappa shape index (κ3) is 11.2. The highest BCUT2D eigenvalue weighted by molar-refractivity contribution is 5.80. The molecule has 0 radical (unpaired) electrons. The van der Waals surface area contributed by atoms with Crippen LogP contribution in [0.1, 0.15) is 71.3 Å². The molecule has 9 heteroatoms. The SMILES string of the molecule is CC.COc1cc(Nc2ncccc2CCCCCCC(=O)NC(C=O)CCC(C)=O)cc(OC)c1OC. The number of ether oxygens (including phenoxy) is 3. The van der Waals surface area contributed by atoms with Crippen LogP contribution in [0.2, 0.25) is 0 Å². The van der Waals surface area contributed by atoms with E-state index in [1.165, 1.54) is 6.92 Å². The van der Waals surface area contributed by atoms with Gasteiger partial charge in [-0.3, -0.25) is 4.79 Å². The van der Waals surface area contributed by atoms with E-state index < -0.39 is 6.04 Å². The van der Waals surface area contributed by atoms with Crippen molar-refractivity contribution in [2.45, 2.75) is 78.2 Å². The monoisotopic (exact) mass is 529 g/mol. The van der Waals surface area contributed by atoms with Crippen LogP contribution >= 0.6 is 0 Å². The van der Waals surface area contributed by atoms with Gasteiger partial charge in [0.05, 0.1) is 27.4 Å². The number of aldehydes is 1. The van der Waals surface area contributed by atoms with Gasteiger partial charge in [0.25, 0.3) is 0 Å². The predicted octanol–water partition coefficient (Wildman–Crippen LogP) is 5.42. The molecule has 0 saturated heterocycles. The maximum absolute atomic E-state index is 12.1. The van der Waals surface area contributed by atoms with Gasteiger partial charge in [0.1, 0.15) is 17.9 Å². The summed E-state index contributed by atoms with van der Waals surface area (Å²) in [5.41, 5.74) is 1.86. The van der Waals surface area contributed by atoms with Gasteiger partial charge < -0.3 is 34.4 Å². The average Bonchev–Trinajstić information content (AvgIpc) is 2.94. The standard InChI is InChI=1S/C27H37N3O6.C2H6/c1-19(32)13-14-21(18-31)29-25(33)12-8-6-5-7-10-20-11-9-15-28-27(20)30-22-16-23(34-2)26(36-4)24(17-22)35-3;1-2/h9,11,15-18,21H,5-8,10,12-14H2,1-4H3,(H,28,30)(H,29,33);1-2H3. The van der Waals surface area contributed by atoms with Gasteiger partial charge >= 0.3 is 0 Å². The molecule has 2 N–H and O–H groups in total. The van der Waals surface area contributed by atoms with Crippen LogP contribution in [-0.2, 0) is 20.8 Å². The minimum absolute atomic E-state index is 0.00604. The van der Waals surface area contributed by atoms with Crippen LogP contribution in [0, 0.1) is 0 Å². The summed E-state index contributed by atoms with van der Waals surface area (Å²) in [4.78, 5) is 38.7. The van der Waals surface area contributed by atoms with E-state index in [9.17, 15) is 14.4 Å². The molecule has 2 rings (SSSR count). The van der Waals surface area contributed by atoms with Gasteiger partial charge in [0, 0.05) is 36.9 Å². The molecule has 0 fully saturated rings. The lowest BCUT2D eigenvalue weighted by Gasteiger charge is -2.16. The molecule has 0 bridgehead atoms. The number of rotatable bonds is 17. The second-order valence-corrected chi connectivity index (χ2v) is 8.52. The molecule has 1 aromatic carbocycles. The van der Waals surface area contributed by atoms with Crippen molar-refractivity contribution >= 4 is 29.5 Å². The first kappa shape index (κ1) is 32.4. The number of carbonyl (C=O) groups is 3. The zero-order valence-electron chi connectivity index (χ0n) is 23.6. The fourth-order valence-electron chi connectivity index (χ4n) is 3.81. The lowest BCUT2D eigenvalue weighted by Crippen LogP contribution is -2.36. The van der Waals surface area contributed by atoms with Gasteiger partial charge in [-0.05, 0) is 44.2 Å². The van der Waals surface area contributed by atoms with Gasteiger partial charge in [0.2, 0.25) is 11.7 Å². The van der Waals surface area contributed by atoms with Crippen molar-refractivity contribution in [1.29, 1.82) is 0 Å². The van der Waals surface area contributed by atoms with E-state index in [1.54, 1.807) is 27.5 Å². The van der Waals surface area contributed by atoms with Crippen LogP contribution in [-0.4, -0.2) is 50.3 Å². The van der Waals surface area contributed by atoms with Crippen molar-refractivity contribution in [3.8, 4) is 17.2 Å². The lowest BCUT2D eigenvalue weighted by molar-refractivity contribution is -0.124. The summed E-state index contributed by atoms with van der Waals surface area (Å²) in [6, 6.07) is 7.03. The van der Waals surface area contributed by atoms with E-state index in [-0.39, 0.29) is 18.1 Å². The summed E-state index contributed by atoms with van der Waals surface area (Å²) < 4.78 is 16.2. The van der Waals surface area contributed by atoms with Crippen LogP contribution in [0.4, 0.5) is 11.5 Å². The Kier molecular flexibility index (Phi) is 15.9. The molecule has 0 aliphatic heterocycles. The molecule has 1 aromatic heterocycles. The normalized spacial score (nSPS) is 10.9. The van der Waals surface area contributed by atoms with E-state index >= 15 is 0 Å². The Morgan fingerprint density at radius 3 is 2.21 bits per heavy atom. The molecule has 210 valence electrons. The van der Waals surface area contributed by atoms with Crippen molar-refractivity contribution in [3.63, 3.8) is 0 Å². The first-order chi connectivity index (χ1) is 18.4. The van der Waals surface area contributed by atoms with Gasteiger partial charge in [-0.15, -0.1) is 0 Å². The van der Waals surface area contributed by atoms with Gasteiger partial charge in [0.15, 0.2) is 11.5 Å². The highest BCUT2D eigenvalue weighted by Crippen LogP contribution is 2.40. The number of nitrogens with one attached hydrogen (secondary N) is 2. The van der Waals surface area contributed by atoms with E-state index in [4.69, 9.17) is 14.2 Å². The van der Waals surface area contributed by atoms with Crippen molar-refractivity contribution < 1.29 is 28.6 Å². The first-order valence-corrected chi connectivity index (χ1v) is 13.2. The number of hydrogen-bond acceptors (Lipinski definition) is 8. The summed E-state index contributed by atoms with van der Waals surface area (Å²) in [6.45, 7) is 5.47. The molecule has 1 amide bonds. The van der Waals surface area contributed by atoms with Crippen LogP contribution in [0.5, 0.6) is 17.2 Å². The molecule has 0 saturated carbocycles. The van der Waals surface area contributed by atoms with E-state index in [0.29, 0.717) is 36.4 Å². The quantitative estimate of drug-likeness (QED) is 0.206. The molecule has 38 heavy (non-hydrogen) atoms. The number of anilines is 2. The Morgan fingerprint density at radius 1 is 0.974 bits per heavy atom. The molecule has 0 aliphatic rings. The van der Waals surface area contributed by atoms with Crippen molar-refractivity contribution in [3.05, 3.63) is 36.0 Å². The number of carbonyl (C=O) groups excluding carboxylic acids is 3. The van der Waals surface area contributed by atoms with Gasteiger partial charge in [-0.1, -0.05) is 32.8 Å². The molecule has 1 unspecified atom stereocenters. The fourth-order valence-corrected chi connectivity index (χ4v) is 3.81. The van der Waals surface area contributed by atoms with Crippen molar-refractivity contribution in [2.75, 3.05) is 26.6 Å². The number of unbranched alkanes of at least 4 members (excludes halogenated alkanes) is 3. The van der Waals surface area contributed by atoms with E-state index in [1.807, 2.05) is 38.1 Å². The molecule has 9 nitrogen and oxygen atoms in total. The van der Waals surface area contributed by atoms with Crippen LogP contribution in [0.15, 0.2) is 30.5 Å². The number of pyridine rings is 1. The van der Waals surface area contributed by atoms with Crippen molar-refractivity contribution in [1.82, 2.24) is 10.3 Å². The maximum atomic E-state index is 12.1. The fraction of sp³-hybridized carbons (Fsp3) is 0.517. The highest BCUT2D eigenvalue weighted by atomic mass is 16.5. The lowest BCUT2D eigenvalue weighted by atomic mass is 10.1. The number of nitrogens with zero attached hydrogens (tertiary/aromatic N) is 1. The smallest absolute Gasteiger partial charge is 0.220 e. The Labute approximate surface area is 226 Å². The maximum Gasteiger partial charge on any atom is 0.220 e. The molecule has 0 spiro atoms. The zero-order chi connectivity index (χ0) is 28.3. The number of hydrogen-bond donors (Lipinski definition) is 2. The minimum Gasteiger partial charge on any atom is -0.493 e. The second kappa shape index (κ2) is 18.6. The molecule has 1 atom stereocenters. The number of ketones is 1. The third-order valence-electron chi connectivity index (χ3n) is 5.74. The van der Waals surface area contributed by atoms with Crippen LogP contribution in [0.25, 0.3) is 0 Å². The number of benzene rings is 1. The number of methoxy groups -OCH3 is 3. The molecular weight excluding hydrogens is 486 g/mol. The summed E-state index contributed by atoms with van der Waals surface area (Å²) in [5.74, 6) is 2.25. The Balaban J connectivity index is 0.00000352. The minimum atomic E-state index is -0.594. The summed E-state index contributed by atoms with van der Waals surface area (Å²) >= 11 is 0. The largest absolute Gasteiger partial charge is 0.493 e. The van der Waals surface area contributed by atoms with Crippen LogP contribution in [0.3, 0.4) is 0 Å².